The molecule has 0 aromatic carbocycles. The molecule has 1 saturated heterocycles. The summed E-state index contributed by atoms with van der Waals surface area (Å²) in [6.07, 6.45) is 2.51. The Morgan fingerprint density at radius 1 is 1.26 bits per heavy atom. The van der Waals surface area contributed by atoms with Crippen LogP contribution in [-0.4, -0.2) is 66.7 Å². The van der Waals surface area contributed by atoms with Gasteiger partial charge in [0.1, 0.15) is 0 Å². The van der Waals surface area contributed by atoms with Gasteiger partial charge in [-0.25, -0.2) is 4.99 Å². The van der Waals surface area contributed by atoms with Crippen molar-refractivity contribution < 1.29 is 9.47 Å². The molecule has 7 nitrogen and oxygen atoms in total. The average Bonchev–Trinajstić information content (AvgIpc) is 2.91. The first kappa shape index (κ1) is 24.2. The Kier molecular flexibility index (Phi) is 11.2. The first-order valence-electron chi connectivity index (χ1n) is 9.77. The maximum atomic E-state index is 5.76. The number of methoxy groups -OCH3 is 1. The summed E-state index contributed by atoms with van der Waals surface area (Å²) in [6.45, 7) is 14.1. The molecule has 0 spiro atoms. The SMILES string of the molecule is CCNC(=NCc1c(C)nn(CCOC)c1C)N1CCC(OCC)CC1.I. The lowest BCUT2D eigenvalue weighted by atomic mass is 10.1. The van der Waals surface area contributed by atoms with Crippen LogP contribution >= 0.6 is 24.0 Å². The lowest BCUT2D eigenvalue weighted by Crippen LogP contribution is -2.47. The number of hydrogen-bond donors (Lipinski definition) is 1. The van der Waals surface area contributed by atoms with Gasteiger partial charge in [-0.05, 0) is 40.5 Å². The van der Waals surface area contributed by atoms with Crippen molar-refractivity contribution >= 4 is 29.9 Å². The van der Waals surface area contributed by atoms with Gasteiger partial charge < -0.3 is 19.7 Å². The molecule has 1 aromatic rings. The summed E-state index contributed by atoms with van der Waals surface area (Å²) in [5, 5.41) is 8.07. The summed E-state index contributed by atoms with van der Waals surface area (Å²) in [6, 6.07) is 0. The molecule has 1 aromatic heterocycles. The molecule has 0 aliphatic carbocycles. The maximum absolute atomic E-state index is 5.76. The third-order valence-corrected chi connectivity index (χ3v) is 4.90. The lowest BCUT2D eigenvalue weighted by molar-refractivity contribution is 0.0263. The Labute approximate surface area is 180 Å². The first-order valence-corrected chi connectivity index (χ1v) is 9.77. The number of nitrogens with zero attached hydrogens (tertiary/aromatic N) is 4. The number of hydrogen-bond acceptors (Lipinski definition) is 4. The minimum atomic E-state index is 0. The van der Waals surface area contributed by atoms with Crippen LogP contribution in [0.15, 0.2) is 4.99 Å². The zero-order chi connectivity index (χ0) is 18.9. The Bertz CT molecular complexity index is 583. The number of guanidine groups is 1. The second-order valence-electron chi connectivity index (χ2n) is 6.68. The number of aliphatic imine (C=N–C) groups is 1. The summed E-state index contributed by atoms with van der Waals surface area (Å²) < 4.78 is 12.9. The van der Waals surface area contributed by atoms with E-state index in [-0.39, 0.29) is 24.0 Å². The fraction of sp³-hybridized carbons (Fsp3) is 0.789. The highest BCUT2D eigenvalue weighted by molar-refractivity contribution is 14.0. The van der Waals surface area contributed by atoms with Crippen molar-refractivity contribution in [2.75, 3.05) is 40.0 Å². The number of nitrogens with one attached hydrogen (secondary N) is 1. The molecular formula is C19H36IN5O2. The maximum Gasteiger partial charge on any atom is 0.194 e. The van der Waals surface area contributed by atoms with Gasteiger partial charge in [-0.2, -0.15) is 5.10 Å². The number of likely N-dealkylation sites (tertiary alicyclic amines) is 1. The Morgan fingerprint density at radius 2 is 1.96 bits per heavy atom. The van der Waals surface area contributed by atoms with E-state index in [0.29, 0.717) is 19.3 Å². The minimum absolute atomic E-state index is 0. The van der Waals surface area contributed by atoms with E-state index >= 15 is 0 Å². The molecule has 0 atom stereocenters. The van der Waals surface area contributed by atoms with Gasteiger partial charge >= 0.3 is 0 Å². The summed E-state index contributed by atoms with van der Waals surface area (Å²) in [4.78, 5) is 7.25. The molecule has 0 unspecified atom stereocenters. The number of ether oxygens (including phenoxy) is 2. The molecule has 8 heteroatoms. The molecule has 27 heavy (non-hydrogen) atoms. The minimum Gasteiger partial charge on any atom is -0.383 e. The van der Waals surface area contributed by atoms with Crippen molar-refractivity contribution in [2.45, 2.75) is 59.7 Å². The van der Waals surface area contributed by atoms with Gasteiger partial charge in [-0.1, -0.05) is 0 Å². The molecule has 2 rings (SSSR count). The summed E-state index contributed by atoms with van der Waals surface area (Å²) in [5.74, 6) is 0.992. The first-order chi connectivity index (χ1) is 12.6. The van der Waals surface area contributed by atoms with E-state index in [0.717, 1.165) is 57.3 Å². The highest BCUT2D eigenvalue weighted by atomic mass is 127. The molecule has 2 heterocycles. The normalized spacial score (nSPS) is 15.7. The van der Waals surface area contributed by atoms with E-state index in [9.17, 15) is 0 Å². The standard InChI is InChI=1S/C19H35N5O2.HI/c1-6-20-19(23-10-8-17(9-11-23)26-7-2)21-14-18-15(3)22-24(16(18)4)12-13-25-5;/h17H,6-14H2,1-5H3,(H,20,21);1H. The van der Waals surface area contributed by atoms with E-state index in [1.54, 1.807) is 7.11 Å². The molecule has 0 radical (unpaired) electrons. The van der Waals surface area contributed by atoms with Gasteiger partial charge in [0.05, 0.1) is 31.5 Å². The van der Waals surface area contributed by atoms with Gasteiger partial charge in [-0.15, -0.1) is 24.0 Å². The van der Waals surface area contributed by atoms with E-state index < -0.39 is 0 Å². The van der Waals surface area contributed by atoms with Crippen molar-refractivity contribution in [3.63, 3.8) is 0 Å². The molecule has 156 valence electrons. The van der Waals surface area contributed by atoms with E-state index in [4.69, 9.17) is 14.5 Å². The topological polar surface area (TPSA) is 63.9 Å². The number of halogens is 1. The van der Waals surface area contributed by atoms with E-state index in [1.165, 1.54) is 11.3 Å². The number of aromatic nitrogens is 2. The van der Waals surface area contributed by atoms with Crippen molar-refractivity contribution in [3.8, 4) is 0 Å². The summed E-state index contributed by atoms with van der Waals surface area (Å²) in [7, 11) is 1.72. The number of rotatable bonds is 8. The van der Waals surface area contributed by atoms with Crippen molar-refractivity contribution in [2.24, 2.45) is 4.99 Å². The van der Waals surface area contributed by atoms with Crippen LogP contribution in [0.2, 0.25) is 0 Å². The number of aryl methyl sites for hydroxylation is 1. The van der Waals surface area contributed by atoms with Gasteiger partial charge in [-0.3, -0.25) is 4.68 Å². The quantitative estimate of drug-likeness (QED) is 0.343. The van der Waals surface area contributed by atoms with Crippen LogP contribution in [0.5, 0.6) is 0 Å². The van der Waals surface area contributed by atoms with Crippen LogP contribution in [0.4, 0.5) is 0 Å². The van der Waals surface area contributed by atoms with Crippen LogP contribution in [0, 0.1) is 13.8 Å². The Hall–Kier alpha value is -0.870. The molecule has 1 aliphatic heterocycles. The van der Waals surface area contributed by atoms with E-state index in [1.807, 2.05) is 4.68 Å². The third-order valence-electron chi connectivity index (χ3n) is 4.90. The second-order valence-corrected chi connectivity index (χ2v) is 6.68. The van der Waals surface area contributed by atoms with Crippen molar-refractivity contribution in [1.82, 2.24) is 20.0 Å². The van der Waals surface area contributed by atoms with Crippen LogP contribution < -0.4 is 5.32 Å². The fourth-order valence-corrected chi connectivity index (χ4v) is 3.41. The lowest BCUT2D eigenvalue weighted by Gasteiger charge is -2.34. The average molecular weight is 493 g/mol. The highest BCUT2D eigenvalue weighted by Crippen LogP contribution is 2.16. The predicted molar refractivity (Wildman–Crippen MR) is 120 cm³/mol. The number of piperidine rings is 1. The highest BCUT2D eigenvalue weighted by Gasteiger charge is 2.21. The molecule has 0 saturated carbocycles. The molecule has 1 N–H and O–H groups in total. The van der Waals surface area contributed by atoms with Crippen molar-refractivity contribution in [1.29, 1.82) is 0 Å². The zero-order valence-electron chi connectivity index (χ0n) is 17.5. The summed E-state index contributed by atoms with van der Waals surface area (Å²) in [5.41, 5.74) is 3.43. The molecule has 0 amide bonds. The van der Waals surface area contributed by atoms with Gasteiger partial charge in [0.15, 0.2) is 5.96 Å². The zero-order valence-corrected chi connectivity index (χ0v) is 19.8. The second kappa shape index (κ2) is 12.6. The Morgan fingerprint density at radius 3 is 2.56 bits per heavy atom. The van der Waals surface area contributed by atoms with Crippen molar-refractivity contribution in [3.05, 3.63) is 17.0 Å². The third kappa shape index (κ3) is 6.90. The van der Waals surface area contributed by atoms with Gasteiger partial charge in [0.25, 0.3) is 0 Å². The fourth-order valence-electron chi connectivity index (χ4n) is 3.41. The van der Waals surface area contributed by atoms with E-state index in [2.05, 4.69) is 43.0 Å². The monoisotopic (exact) mass is 493 g/mol. The van der Waals surface area contributed by atoms with Crippen LogP contribution in [0.3, 0.4) is 0 Å². The van der Waals surface area contributed by atoms with Gasteiger partial charge in [0.2, 0.25) is 0 Å². The largest absolute Gasteiger partial charge is 0.383 e. The molecule has 1 fully saturated rings. The molecular weight excluding hydrogens is 457 g/mol. The Balaban J connectivity index is 0.00000364. The van der Waals surface area contributed by atoms with Crippen LogP contribution in [0.1, 0.15) is 43.6 Å². The van der Waals surface area contributed by atoms with Crippen LogP contribution in [0.25, 0.3) is 0 Å². The molecule has 0 bridgehead atoms. The smallest absolute Gasteiger partial charge is 0.194 e. The predicted octanol–water partition coefficient (Wildman–Crippen LogP) is 2.73. The summed E-state index contributed by atoms with van der Waals surface area (Å²) >= 11 is 0. The van der Waals surface area contributed by atoms with Crippen LogP contribution in [-0.2, 0) is 22.6 Å². The van der Waals surface area contributed by atoms with Gasteiger partial charge in [0, 0.05) is 44.6 Å². The molecule has 1 aliphatic rings.